The van der Waals surface area contributed by atoms with Crippen molar-refractivity contribution in [2.24, 2.45) is 0 Å². The molecular formula is C13H10F2. The first-order chi connectivity index (χ1) is 7.31. The standard InChI is InChI=1S/C13H10F2/c14-9-11-4-1-2-7-13(11)10-5-3-6-12(15)8-10/h1-8H,9H2. The van der Waals surface area contributed by atoms with Crippen molar-refractivity contribution >= 4 is 0 Å². The van der Waals surface area contributed by atoms with Crippen molar-refractivity contribution in [2.75, 3.05) is 0 Å². The highest BCUT2D eigenvalue weighted by molar-refractivity contribution is 5.67. The van der Waals surface area contributed by atoms with Crippen molar-refractivity contribution in [1.82, 2.24) is 0 Å². The van der Waals surface area contributed by atoms with Gasteiger partial charge in [0.1, 0.15) is 12.5 Å². The molecule has 0 radical (unpaired) electrons. The van der Waals surface area contributed by atoms with Crippen LogP contribution in [0.4, 0.5) is 8.78 Å². The molecule has 15 heavy (non-hydrogen) atoms. The van der Waals surface area contributed by atoms with E-state index in [4.69, 9.17) is 0 Å². The van der Waals surface area contributed by atoms with Crippen LogP contribution in [0.5, 0.6) is 0 Å². The summed E-state index contributed by atoms with van der Waals surface area (Å²) >= 11 is 0. The molecule has 0 unspecified atom stereocenters. The van der Waals surface area contributed by atoms with Gasteiger partial charge in [-0.15, -0.1) is 0 Å². The molecule has 2 aromatic rings. The fourth-order valence-corrected chi connectivity index (χ4v) is 1.57. The number of alkyl halides is 1. The molecule has 0 aliphatic carbocycles. The Morgan fingerprint density at radius 3 is 2.47 bits per heavy atom. The van der Waals surface area contributed by atoms with Gasteiger partial charge >= 0.3 is 0 Å². The van der Waals surface area contributed by atoms with Crippen LogP contribution in [0.25, 0.3) is 11.1 Å². The Balaban J connectivity index is 2.53. The third-order valence-corrected chi connectivity index (χ3v) is 2.30. The Bertz CT molecular complexity index is 464. The quantitative estimate of drug-likeness (QED) is 0.694. The summed E-state index contributed by atoms with van der Waals surface area (Å²) in [5, 5.41) is 0. The molecular weight excluding hydrogens is 194 g/mol. The first-order valence-electron chi connectivity index (χ1n) is 4.71. The van der Waals surface area contributed by atoms with E-state index in [1.807, 2.05) is 6.07 Å². The maximum absolute atomic E-state index is 13.0. The monoisotopic (exact) mass is 204 g/mol. The van der Waals surface area contributed by atoms with Crippen LogP contribution in [-0.2, 0) is 6.67 Å². The van der Waals surface area contributed by atoms with Crippen LogP contribution < -0.4 is 0 Å². The van der Waals surface area contributed by atoms with E-state index in [0.29, 0.717) is 11.1 Å². The second kappa shape index (κ2) is 4.22. The molecule has 0 aromatic heterocycles. The molecule has 0 atom stereocenters. The van der Waals surface area contributed by atoms with E-state index in [0.717, 1.165) is 5.56 Å². The van der Waals surface area contributed by atoms with Gasteiger partial charge in [-0.25, -0.2) is 8.78 Å². The average Bonchev–Trinajstić information content (AvgIpc) is 2.29. The number of rotatable bonds is 2. The lowest BCUT2D eigenvalue weighted by Gasteiger charge is -2.06. The Labute approximate surface area is 87.2 Å². The number of benzene rings is 2. The number of hydrogen-bond acceptors (Lipinski definition) is 0. The van der Waals surface area contributed by atoms with Crippen LogP contribution in [0, 0.1) is 5.82 Å². The van der Waals surface area contributed by atoms with Crippen molar-refractivity contribution in [3.8, 4) is 11.1 Å². The summed E-state index contributed by atoms with van der Waals surface area (Å²) in [4.78, 5) is 0. The van der Waals surface area contributed by atoms with E-state index < -0.39 is 6.67 Å². The summed E-state index contributed by atoms with van der Waals surface area (Å²) in [6.07, 6.45) is 0. The molecule has 2 rings (SSSR count). The van der Waals surface area contributed by atoms with Gasteiger partial charge in [0, 0.05) is 0 Å². The van der Waals surface area contributed by atoms with E-state index in [-0.39, 0.29) is 5.82 Å². The van der Waals surface area contributed by atoms with Crippen LogP contribution in [0.3, 0.4) is 0 Å². The fourth-order valence-electron chi connectivity index (χ4n) is 1.57. The summed E-state index contributed by atoms with van der Waals surface area (Å²) in [7, 11) is 0. The highest BCUT2D eigenvalue weighted by atomic mass is 19.1. The first-order valence-corrected chi connectivity index (χ1v) is 4.71. The van der Waals surface area contributed by atoms with Crippen LogP contribution in [-0.4, -0.2) is 0 Å². The third kappa shape index (κ3) is 2.04. The van der Waals surface area contributed by atoms with Gasteiger partial charge in [-0.2, -0.15) is 0 Å². The van der Waals surface area contributed by atoms with E-state index in [2.05, 4.69) is 0 Å². The SMILES string of the molecule is FCc1ccccc1-c1cccc(F)c1. The highest BCUT2D eigenvalue weighted by Gasteiger charge is 2.04. The smallest absolute Gasteiger partial charge is 0.123 e. The minimum Gasteiger partial charge on any atom is -0.246 e. The van der Waals surface area contributed by atoms with E-state index >= 15 is 0 Å². The zero-order valence-electron chi connectivity index (χ0n) is 8.08. The summed E-state index contributed by atoms with van der Waals surface area (Å²) in [5.74, 6) is -0.304. The van der Waals surface area contributed by atoms with Crippen LogP contribution in [0.15, 0.2) is 48.5 Å². The molecule has 0 saturated carbocycles. The third-order valence-electron chi connectivity index (χ3n) is 2.30. The Morgan fingerprint density at radius 2 is 1.73 bits per heavy atom. The van der Waals surface area contributed by atoms with Crippen molar-refractivity contribution in [3.05, 3.63) is 59.9 Å². The van der Waals surface area contributed by atoms with Crippen molar-refractivity contribution in [3.63, 3.8) is 0 Å². The van der Waals surface area contributed by atoms with Crippen molar-refractivity contribution in [1.29, 1.82) is 0 Å². The predicted molar refractivity (Wildman–Crippen MR) is 56.6 cm³/mol. The van der Waals surface area contributed by atoms with E-state index in [1.165, 1.54) is 12.1 Å². The highest BCUT2D eigenvalue weighted by Crippen LogP contribution is 2.24. The molecule has 0 amide bonds. The summed E-state index contributed by atoms with van der Waals surface area (Å²) in [6, 6.07) is 13.3. The van der Waals surface area contributed by atoms with Gasteiger partial charge in [0.2, 0.25) is 0 Å². The largest absolute Gasteiger partial charge is 0.246 e. The number of halogens is 2. The Kier molecular flexibility index (Phi) is 2.77. The van der Waals surface area contributed by atoms with Gasteiger partial charge in [-0.05, 0) is 28.8 Å². The zero-order chi connectivity index (χ0) is 10.7. The van der Waals surface area contributed by atoms with Crippen molar-refractivity contribution in [2.45, 2.75) is 6.67 Å². The average molecular weight is 204 g/mol. The molecule has 0 aliphatic rings. The van der Waals surface area contributed by atoms with E-state index in [9.17, 15) is 8.78 Å². The van der Waals surface area contributed by atoms with Gasteiger partial charge in [-0.1, -0.05) is 36.4 Å². The number of hydrogen-bond donors (Lipinski definition) is 0. The molecule has 0 bridgehead atoms. The van der Waals surface area contributed by atoms with Crippen LogP contribution in [0.1, 0.15) is 5.56 Å². The van der Waals surface area contributed by atoms with Crippen LogP contribution in [0.2, 0.25) is 0 Å². The first kappa shape index (κ1) is 9.84. The molecule has 0 N–H and O–H groups in total. The maximum Gasteiger partial charge on any atom is 0.123 e. The lowest BCUT2D eigenvalue weighted by molar-refractivity contribution is 0.486. The molecule has 0 saturated heterocycles. The van der Waals surface area contributed by atoms with Gasteiger partial charge < -0.3 is 0 Å². The van der Waals surface area contributed by atoms with Crippen molar-refractivity contribution < 1.29 is 8.78 Å². The normalized spacial score (nSPS) is 10.3. The molecule has 0 fully saturated rings. The molecule has 2 heteroatoms. The Hall–Kier alpha value is -1.70. The second-order valence-electron chi connectivity index (χ2n) is 3.30. The predicted octanol–water partition coefficient (Wildman–Crippen LogP) is 3.96. The summed E-state index contributed by atoms with van der Waals surface area (Å²) in [5.41, 5.74) is 2.05. The lowest BCUT2D eigenvalue weighted by atomic mass is 10.0. The molecule has 0 aliphatic heterocycles. The molecule has 2 aromatic carbocycles. The summed E-state index contributed by atoms with van der Waals surface area (Å²) in [6.45, 7) is -0.535. The van der Waals surface area contributed by atoms with Gasteiger partial charge in [0.25, 0.3) is 0 Å². The van der Waals surface area contributed by atoms with Gasteiger partial charge in [0.15, 0.2) is 0 Å². The summed E-state index contributed by atoms with van der Waals surface area (Å²) < 4.78 is 25.7. The lowest BCUT2D eigenvalue weighted by Crippen LogP contribution is -1.86. The molecule has 0 nitrogen and oxygen atoms in total. The maximum atomic E-state index is 13.0. The molecule has 0 spiro atoms. The zero-order valence-corrected chi connectivity index (χ0v) is 8.08. The fraction of sp³-hybridized carbons (Fsp3) is 0.0769. The molecule has 76 valence electrons. The van der Waals surface area contributed by atoms with Crippen LogP contribution >= 0.6 is 0 Å². The molecule has 0 heterocycles. The topological polar surface area (TPSA) is 0 Å². The minimum atomic E-state index is -0.535. The van der Waals surface area contributed by atoms with Gasteiger partial charge in [-0.3, -0.25) is 0 Å². The van der Waals surface area contributed by atoms with Gasteiger partial charge in [0.05, 0.1) is 0 Å². The van der Waals surface area contributed by atoms with E-state index in [1.54, 1.807) is 30.3 Å². The minimum absolute atomic E-state index is 0.304. The second-order valence-corrected chi connectivity index (χ2v) is 3.30. The Morgan fingerprint density at radius 1 is 0.933 bits per heavy atom.